The van der Waals surface area contributed by atoms with Crippen LogP contribution in [0.25, 0.3) is 0 Å². The molecule has 4 heteroatoms. The topological polar surface area (TPSA) is 66.8 Å². The first-order valence-electron chi connectivity index (χ1n) is 6.72. The molecule has 1 fully saturated rings. The van der Waals surface area contributed by atoms with Gasteiger partial charge in [-0.3, -0.25) is 0 Å². The van der Waals surface area contributed by atoms with Gasteiger partial charge in [-0.25, -0.2) is 4.79 Å². The Bertz CT molecular complexity index is 288. The number of ether oxygens (including phenoxy) is 1. The smallest absolute Gasteiger partial charge is 0.334 e. The monoisotopic (exact) mass is 258 g/mol. The molecule has 106 valence electrons. The van der Waals surface area contributed by atoms with Crippen LogP contribution in [0.5, 0.6) is 0 Å². The van der Waals surface area contributed by atoms with Gasteiger partial charge in [0.1, 0.15) is 0 Å². The third-order valence-electron chi connectivity index (χ3n) is 4.32. The van der Waals surface area contributed by atoms with Gasteiger partial charge in [0, 0.05) is 0 Å². The fraction of sp³-hybridized carbons (Fsp3) is 0.929. The van der Waals surface area contributed by atoms with Crippen molar-refractivity contribution in [1.29, 1.82) is 0 Å². The predicted octanol–water partition coefficient (Wildman–Crippen LogP) is 1.73. The Morgan fingerprint density at radius 2 is 2.11 bits per heavy atom. The van der Waals surface area contributed by atoms with Crippen molar-refractivity contribution in [2.75, 3.05) is 7.11 Å². The molecule has 4 unspecified atom stereocenters. The molecule has 4 atom stereocenters. The summed E-state index contributed by atoms with van der Waals surface area (Å²) >= 11 is 0. The van der Waals surface area contributed by atoms with E-state index >= 15 is 0 Å². The Morgan fingerprint density at radius 3 is 2.61 bits per heavy atom. The van der Waals surface area contributed by atoms with Crippen molar-refractivity contribution in [2.45, 2.75) is 58.7 Å². The highest BCUT2D eigenvalue weighted by atomic mass is 16.5. The average Bonchev–Trinajstić information content (AvgIpc) is 2.24. The largest absolute Gasteiger partial charge is 0.467 e. The van der Waals surface area contributed by atoms with Gasteiger partial charge >= 0.3 is 5.97 Å². The number of esters is 1. The molecule has 0 aromatic rings. The normalized spacial score (nSPS) is 32.9. The summed E-state index contributed by atoms with van der Waals surface area (Å²) in [5.41, 5.74) is 0.0485. The van der Waals surface area contributed by atoms with Crippen LogP contribution in [0.1, 0.15) is 46.5 Å². The van der Waals surface area contributed by atoms with Crippen LogP contribution in [0.4, 0.5) is 0 Å². The van der Waals surface area contributed by atoms with Gasteiger partial charge in [0.2, 0.25) is 0 Å². The lowest BCUT2D eigenvalue weighted by Crippen LogP contribution is -2.40. The minimum absolute atomic E-state index is 0.0485. The lowest BCUT2D eigenvalue weighted by atomic mass is 9.61. The summed E-state index contributed by atoms with van der Waals surface area (Å²) in [6, 6.07) is 0. The molecule has 4 nitrogen and oxygen atoms in total. The zero-order chi connectivity index (χ0) is 13.9. The van der Waals surface area contributed by atoms with E-state index < -0.39 is 12.1 Å². The molecule has 1 rings (SSSR count). The molecule has 0 bridgehead atoms. The van der Waals surface area contributed by atoms with E-state index in [9.17, 15) is 15.0 Å². The molecule has 0 amide bonds. The van der Waals surface area contributed by atoms with Crippen molar-refractivity contribution in [3.8, 4) is 0 Å². The summed E-state index contributed by atoms with van der Waals surface area (Å²) < 4.78 is 4.52. The van der Waals surface area contributed by atoms with Crippen LogP contribution in [0.15, 0.2) is 0 Å². The fourth-order valence-electron chi connectivity index (χ4n) is 3.47. The molecule has 18 heavy (non-hydrogen) atoms. The summed E-state index contributed by atoms with van der Waals surface area (Å²) in [5.74, 6) is 0.269. The summed E-state index contributed by atoms with van der Waals surface area (Å²) in [4.78, 5) is 11.2. The van der Waals surface area contributed by atoms with Crippen LogP contribution in [0, 0.1) is 17.3 Å². The lowest BCUT2D eigenvalue weighted by Gasteiger charge is -2.45. The van der Waals surface area contributed by atoms with E-state index in [1.807, 2.05) is 0 Å². The third kappa shape index (κ3) is 3.69. The molecule has 2 N–H and O–H groups in total. The molecule has 0 heterocycles. The van der Waals surface area contributed by atoms with Gasteiger partial charge in [0.15, 0.2) is 6.10 Å². The van der Waals surface area contributed by atoms with Crippen LogP contribution in [-0.4, -0.2) is 35.5 Å². The Labute approximate surface area is 109 Å². The van der Waals surface area contributed by atoms with E-state index in [2.05, 4.69) is 25.5 Å². The summed E-state index contributed by atoms with van der Waals surface area (Å²) in [6.45, 7) is 6.45. The Balaban J connectivity index is 2.57. The van der Waals surface area contributed by atoms with Gasteiger partial charge in [-0.2, -0.15) is 0 Å². The number of carbonyl (C=O) groups excluding carboxylic acids is 1. The number of rotatable bonds is 4. The van der Waals surface area contributed by atoms with Crippen molar-refractivity contribution >= 4 is 5.97 Å². The molecule has 1 saturated carbocycles. The Morgan fingerprint density at radius 1 is 1.50 bits per heavy atom. The number of methoxy groups -OCH3 is 1. The molecule has 0 spiro atoms. The highest BCUT2D eigenvalue weighted by Gasteiger charge is 2.40. The minimum atomic E-state index is -1.02. The second-order valence-corrected chi connectivity index (χ2v) is 6.28. The van der Waals surface area contributed by atoms with Crippen LogP contribution < -0.4 is 0 Å². The Hall–Kier alpha value is -0.610. The molecule has 1 aliphatic rings. The van der Waals surface area contributed by atoms with Crippen LogP contribution >= 0.6 is 0 Å². The summed E-state index contributed by atoms with van der Waals surface area (Å²) in [5, 5.41) is 19.4. The molecule has 0 saturated heterocycles. The van der Waals surface area contributed by atoms with Crippen molar-refractivity contribution in [3.63, 3.8) is 0 Å². The van der Waals surface area contributed by atoms with Gasteiger partial charge in [0.25, 0.3) is 0 Å². The summed E-state index contributed by atoms with van der Waals surface area (Å²) in [6.07, 6.45) is 1.57. The highest BCUT2D eigenvalue weighted by molar-refractivity contribution is 5.74. The van der Waals surface area contributed by atoms with Gasteiger partial charge in [-0.15, -0.1) is 0 Å². The van der Waals surface area contributed by atoms with E-state index in [1.54, 1.807) is 0 Å². The minimum Gasteiger partial charge on any atom is -0.467 e. The van der Waals surface area contributed by atoms with Crippen molar-refractivity contribution < 1.29 is 19.7 Å². The highest BCUT2D eigenvalue weighted by Crippen LogP contribution is 2.46. The number of aliphatic hydroxyl groups is 2. The molecule has 0 radical (unpaired) electrons. The van der Waals surface area contributed by atoms with E-state index in [-0.39, 0.29) is 11.5 Å². The van der Waals surface area contributed by atoms with Gasteiger partial charge in [-0.05, 0) is 42.9 Å². The maximum absolute atomic E-state index is 11.2. The van der Waals surface area contributed by atoms with Crippen molar-refractivity contribution in [2.24, 2.45) is 17.3 Å². The second-order valence-electron chi connectivity index (χ2n) is 6.28. The molecular weight excluding hydrogens is 232 g/mol. The first-order chi connectivity index (χ1) is 8.27. The molecular formula is C14H26O4. The molecule has 0 aromatic carbocycles. The lowest BCUT2D eigenvalue weighted by molar-refractivity contribution is -0.151. The standard InChI is InChI=1S/C14H26O4/c1-9-7-10(15)8-14(2,3)11(9)5-6-12(16)13(17)18-4/h9-12,15-16H,5-8H2,1-4H3. The second kappa shape index (κ2) is 6.02. The first-order valence-corrected chi connectivity index (χ1v) is 6.72. The summed E-state index contributed by atoms with van der Waals surface area (Å²) in [7, 11) is 1.29. The fourth-order valence-corrected chi connectivity index (χ4v) is 3.47. The first kappa shape index (κ1) is 15.4. The Kier molecular flexibility index (Phi) is 5.17. The van der Waals surface area contributed by atoms with Gasteiger partial charge in [0.05, 0.1) is 13.2 Å². The molecule has 1 aliphatic carbocycles. The zero-order valence-corrected chi connectivity index (χ0v) is 11.8. The van der Waals surface area contributed by atoms with Crippen LogP contribution in [0.3, 0.4) is 0 Å². The SMILES string of the molecule is COC(=O)C(O)CCC1C(C)CC(O)CC1(C)C. The predicted molar refractivity (Wildman–Crippen MR) is 68.9 cm³/mol. The average molecular weight is 258 g/mol. The number of carbonyl (C=O) groups is 1. The van der Waals surface area contributed by atoms with Crippen molar-refractivity contribution in [3.05, 3.63) is 0 Å². The van der Waals surface area contributed by atoms with E-state index in [0.717, 1.165) is 19.3 Å². The van der Waals surface area contributed by atoms with E-state index in [1.165, 1.54) is 7.11 Å². The van der Waals surface area contributed by atoms with Gasteiger partial charge in [-0.1, -0.05) is 20.8 Å². The third-order valence-corrected chi connectivity index (χ3v) is 4.32. The van der Waals surface area contributed by atoms with Crippen molar-refractivity contribution in [1.82, 2.24) is 0 Å². The number of aliphatic hydroxyl groups excluding tert-OH is 2. The molecule has 0 aromatic heterocycles. The maximum atomic E-state index is 11.2. The zero-order valence-electron chi connectivity index (χ0n) is 11.8. The van der Waals surface area contributed by atoms with E-state index in [0.29, 0.717) is 18.3 Å². The number of hydrogen-bond donors (Lipinski definition) is 2. The maximum Gasteiger partial charge on any atom is 0.334 e. The molecule has 0 aliphatic heterocycles. The number of hydrogen-bond acceptors (Lipinski definition) is 4. The van der Waals surface area contributed by atoms with Crippen LogP contribution in [-0.2, 0) is 9.53 Å². The van der Waals surface area contributed by atoms with Crippen LogP contribution in [0.2, 0.25) is 0 Å². The quantitative estimate of drug-likeness (QED) is 0.754. The van der Waals surface area contributed by atoms with Gasteiger partial charge < -0.3 is 14.9 Å². The van der Waals surface area contributed by atoms with E-state index in [4.69, 9.17) is 0 Å².